The zero-order chi connectivity index (χ0) is 32.1. The maximum Gasteiger partial charge on any atom is 0.303 e. The molecule has 0 saturated carbocycles. The van der Waals surface area contributed by atoms with Gasteiger partial charge in [-0.05, 0) is 105 Å². The van der Waals surface area contributed by atoms with Gasteiger partial charge in [0.1, 0.15) is 11.5 Å². The Labute approximate surface area is 264 Å². The molecule has 0 unspecified atom stereocenters. The molecule has 0 atom stereocenters. The smallest absolute Gasteiger partial charge is 0.303 e. The molecule has 10 heteroatoms. The van der Waals surface area contributed by atoms with E-state index in [4.69, 9.17) is 26.2 Å². The second-order valence-corrected chi connectivity index (χ2v) is 13.9. The van der Waals surface area contributed by atoms with Crippen LogP contribution in [-0.2, 0) is 32.3 Å². The zero-order valence-electron chi connectivity index (χ0n) is 25.3. The Hall–Kier alpha value is -3.56. The second-order valence-electron chi connectivity index (χ2n) is 10.9. The van der Waals surface area contributed by atoms with Crippen LogP contribution in [-0.4, -0.2) is 49.0 Å². The molecule has 3 aromatic rings. The number of rotatable bonds is 19. The predicted octanol–water partition coefficient (Wildman–Crippen LogP) is 7.63. The summed E-state index contributed by atoms with van der Waals surface area (Å²) >= 11 is 6.04. The first-order valence-electron chi connectivity index (χ1n) is 14.9. The normalized spacial score (nSPS) is 11.5. The van der Waals surface area contributed by atoms with E-state index in [0.717, 1.165) is 54.4 Å². The average molecular weight is 645 g/mol. The van der Waals surface area contributed by atoms with Crippen LogP contribution in [0.2, 0.25) is 5.02 Å². The highest BCUT2D eigenvalue weighted by molar-refractivity contribution is 7.92. The number of benzene rings is 3. The van der Waals surface area contributed by atoms with Gasteiger partial charge in [0, 0.05) is 17.9 Å². The van der Waals surface area contributed by atoms with Gasteiger partial charge in [0.15, 0.2) is 9.84 Å². The Balaban J connectivity index is 1.57. The molecule has 44 heavy (non-hydrogen) atoms. The number of unbranched alkanes of at least 4 members (excludes halogenated alkanes) is 3. The molecular formula is C34H41ClO8S. The second kappa shape index (κ2) is 17.1. The summed E-state index contributed by atoms with van der Waals surface area (Å²) in [6.45, 7) is 4.01. The minimum Gasteiger partial charge on any atom is -0.494 e. The number of carbonyl (C=O) groups is 2. The van der Waals surface area contributed by atoms with E-state index in [9.17, 15) is 23.1 Å². The van der Waals surface area contributed by atoms with E-state index in [1.165, 1.54) is 0 Å². The minimum absolute atomic E-state index is 0.0137. The highest BCUT2D eigenvalue weighted by Gasteiger charge is 2.21. The lowest BCUT2D eigenvalue weighted by Gasteiger charge is -2.15. The quantitative estimate of drug-likeness (QED) is 0.128. The molecule has 0 radical (unpaired) electrons. The first-order chi connectivity index (χ1) is 21.0. The van der Waals surface area contributed by atoms with Crippen molar-refractivity contribution >= 4 is 33.4 Å². The molecule has 0 amide bonds. The van der Waals surface area contributed by atoms with E-state index in [1.54, 1.807) is 44.2 Å². The third-order valence-electron chi connectivity index (χ3n) is 7.23. The van der Waals surface area contributed by atoms with Crippen LogP contribution < -0.4 is 9.47 Å². The predicted molar refractivity (Wildman–Crippen MR) is 172 cm³/mol. The summed E-state index contributed by atoms with van der Waals surface area (Å²) in [5.74, 6) is -0.652. The Kier molecular flexibility index (Phi) is 13.5. The molecule has 2 N–H and O–H groups in total. The minimum atomic E-state index is -3.50. The number of ether oxygens (including phenoxy) is 2. The SMILES string of the molecule is CC(C)S(=O)(=O)c1cc(OCCCCCCc2cccc(OCCCC(=O)O)c2CCC(=O)O)cc(-c2ccc(Cl)cc2)c1. The first kappa shape index (κ1) is 34.9. The van der Waals surface area contributed by atoms with Gasteiger partial charge in [0.25, 0.3) is 0 Å². The van der Waals surface area contributed by atoms with Crippen molar-refractivity contribution in [1.82, 2.24) is 0 Å². The number of hydrogen-bond acceptors (Lipinski definition) is 6. The molecule has 0 spiro atoms. The van der Waals surface area contributed by atoms with Crippen LogP contribution in [0, 0.1) is 0 Å². The summed E-state index contributed by atoms with van der Waals surface area (Å²) in [4.78, 5) is 22.3. The highest BCUT2D eigenvalue weighted by atomic mass is 35.5. The van der Waals surface area contributed by atoms with Gasteiger partial charge in [-0.15, -0.1) is 0 Å². The monoisotopic (exact) mass is 644 g/mol. The molecule has 0 aliphatic rings. The van der Waals surface area contributed by atoms with E-state index in [-0.39, 0.29) is 24.3 Å². The van der Waals surface area contributed by atoms with Crippen LogP contribution in [0.3, 0.4) is 0 Å². The van der Waals surface area contributed by atoms with E-state index < -0.39 is 27.0 Å². The number of halogens is 1. The van der Waals surface area contributed by atoms with Crippen LogP contribution in [0.5, 0.6) is 11.5 Å². The molecule has 0 saturated heterocycles. The fraction of sp³-hybridized carbons (Fsp3) is 0.412. The van der Waals surface area contributed by atoms with Crippen molar-refractivity contribution < 1.29 is 37.7 Å². The number of aryl methyl sites for hydroxylation is 1. The Morgan fingerprint density at radius 3 is 2.14 bits per heavy atom. The lowest BCUT2D eigenvalue weighted by Crippen LogP contribution is -2.14. The summed E-state index contributed by atoms with van der Waals surface area (Å²) in [5.41, 5.74) is 3.49. The average Bonchev–Trinajstić information content (AvgIpc) is 2.98. The lowest BCUT2D eigenvalue weighted by molar-refractivity contribution is -0.138. The van der Waals surface area contributed by atoms with Crippen molar-refractivity contribution in [3.05, 3.63) is 76.8 Å². The summed E-state index contributed by atoms with van der Waals surface area (Å²) in [5, 5.41) is 18.1. The van der Waals surface area contributed by atoms with Gasteiger partial charge in [-0.1, -0.05) is 48.7 Å². The molecule has 3 aromatic carbocycles. The fourth-order valence-electron chi connectivity index (χ4n) is 4.76. The van der Waals surface area contributed by atoms with Crippen molar-refractivity contribution in [3.63, 3.8) is 0 Å². The van der Waals surface area contributed by atoms with Gasteiger partial charge >= 0.3 is 11.9 Å². The molecule has 0 heterocycles. The summed E-state index contributed by atoms with van der Waals surface area (Å²) in [6.07, 6.45) is 5.01. The molecule has 0 fully saturated rings. The third-order valence-corrected chi connectivity index (χ3v) is 9.61. The maximum atomic E-state index is 13.0. The summed E-state index contributed by atoms with van der Waals surface area (Å²) in [6, 6.07) is 18.0. The lowest BCUT2D eigenvalue weighted by atomic mass is 9.97. The number of carboxylic acids is 2. The van der Waals surface area contributed by atoms with Crippen LogP contribution in [0.1, 0.15) is 69.9 Å². The number of aliphatic carboxylic acids is 2. The van der Waals surface area contributed by atoms with Crippen LogP contribution >= 0.6 is 11.6 Å². The van der Waals surface area contributed by atoms with Crippen molar-refractivity contribution in [2.24, 2.45) is 0 Å². The fourth-order valence-corrected chi connectivity index (χ4v) is 6.01. The maximum absolute atomic E-state index is 13.0. The molecule has 0 bridgehead atoms. The highest BCUT2D eigenvalue weighted by Crippen LogP contribution is 2.31. The van der Waals surface area contributed by atoms with Crippen molar-refractivity contribution in [3.8, 4) is 22.6 Å². The largest absolute Gasteiger partial charge is 0.494 e. The zero-order valence-corrected chi connectivity index (χ0v) is 26.8. The van der Waals surface area contributed by atoms with Crippen molar-refractivity contribution in [1.29, 1.82) is 0 Å². The molecule has 3 rings (SSSR count). The van der Waals surface area contributed by atoms with Crippen molar-refractivity contribution in [2.45, 2.75) is 81.8 Å². The van der Waals surface area contributed by atoms with Gasteiger partial charge < -0.3 is 19.7 Å². The molecule has 238 valence electrons. The van der Waals surface area contributed by atoms with E-state index >= 15 is 0 Å². The molecule has 0 aromatic heterocycles. The standard InChI is InChI=1S/C34H41ClO8S/c1-24(2)44(40,41)30-22-27(25-13-15-28(35)16-14-25)21-29(23-30)42-19-6-4-3-5-9-26-10-7-11-32(31(26)17-18-34(38)39)43-20-8-12-33(36)37/h7,10-11,13-16,21-24H,3-6,8-9,12,17-20H2,1-2H3,(H,36,37)(H,38,39). The van der Waals surface area contributed by atoms with Crippen LogP contribution in [0.4, 0.5) is 0 Å². The molecule has 0 aliphatic carbocycles. The van der Waals surface area contributed by atoms with Gasteiger partial charge in [0.05, 0.1) is 23.4 Å². The number of hydrogen-bond donors (Lipinski definition) is 2. The first-order valence-corrected chi connectivity index (χ1v) is 16.8. The Morgan fingerprint density at radius 2 is 1.45 bits per heavy atom. The van der Waals surface area contributed by atoms with E-state index in [2.05, 4.69) is 0 Å². The third kappa shape index (κ3) is 10.9. The van der Waals surface area contributed by atoms with Gasteiger partial charge in [0.2, 0.25) is 0 Å². The van der Waals surface area contributed by atoms with Gasteiger partial charge in [-0.2, -0.15) is 0 Å². The van der Waals surface area contributed by atoms with Crippen LogP contribution in [0.15, 0.2) is 65.6 Å². The Morgan fingerprint density at radius 1 is 0.773 bits per heavy atom. The van der Waals surface area contributed by atoms with E-state index in [1.807, 2.05) is 30.3 Å². The van der Waals surface area contributed by atoms with Crippen LogP contribution in [0.25, 0.3) is 11.1 Å². The summed E-state index contributed by atoms with van der Waals surface area (Å²) < 4.78 is 37.8. The summed E-state index contributed by atoms with van der Waals surface area (Å²) in [7, 11) is -3.50. The molecule has 8 nitrogen and oxygen atoms in total. The van der Waals surface area contributed by atoms with Gasteiger partial charge in [-0.25, -0.2) is 8.42 Å². The van der Waals surface area contributed by atoms with E-state index in [0.29, 0.717) is 36.0 Å². The van der Waals surface area contributed by atoms with Crippen molar-refractivity contribution in [2.75, 3.05) is 13.2 Å². The number of sulfone groups is 1. The number of carboxylic acid groups (broad SMARTS) is 2. The molecule has 0 aliphatic heterocycles. The molecular weight excluding hydrogens is 604 g/mol. The topological polar surface area (TPSA) is 127 Å². The van der Waals surface area contributed by atoms with Gasteiger partial charge in [-0.3, -0.25) is 9.59 Å². The Bertz CT molecular complexity index is 1500.